The highest BCUT2D eigenvalue weighted by Gasteiger charge is 2.27. The third kappa shape index (κ3) is 2.85. The van der Waals surface area contributed by atoms with Crippen molar-refractivity contribution in [1.82, 2.24) is 15.2 Å². The van der Waals surface area contributed by atoms with Gasteiger partial charge in [-0.2, -0.15) is 13.9 Å². The van der Waals surface area contributed by atoms with Crippen molar-refractivity contribution in [2.45, 2.75) is 6.61 Å². The molecule has 0 amide bonds. The van der Waals surface area contributed by atoms with Gasteiger partial charge in [0.05, 0.1) is 18.4 Å². The zero-order valence-corrected chi connectivity index (χ0v) is 13.5. The van der Waals surface area contributed by atoms with E-state index in [4.69, 9.17) is 11.6 Å². The highest BCUT2D eigenvalue weighted by atomic mass is 35.5. The fourth-order valence-corrected chi connectivity index (χ4v) is 2.94. The predicted octanol–water partition coefficient (Wildman–Crippen LogP) is 3.81. The molecule has 6 nitrogen and oxygen atoms in total. The lowest BCUT2D eigenvalue weighted by atomic mass is 10.1. The molecule has 0 fully saturated rings. The van der Waals surface area contributed by atoms with Crippen molar-refractivity contribution < 1.29 is 13.5 Å². The van der Waals surface area contributed by atoms with Crippen molar-refractivity contribution in [2.75, 3.05) is 11.6 Å². The summed E-state index contributed by atoms with van der Waals surface area (Å²) in [4.78, 5) is 4.28. The zero-order valence-electron chi connectivity index (χ0n) is 12.7. The Morgan fingerprint density at radius 1 is 1.32 bits per heavy atom. The van der Waals surface area contributed by atoms with Crippen molar-refractivity contribution in [2.24, 2.45) is 4.99 Å². The first kappa shape index (κ1) is 15.6. The van der Waals surface area contributed by atoms with E-state index >= 15 is 0 Å². The molecular formula is C16H12ClF2N5O. The molecule has 0 saturated heterocycles. The van der Waals surface area contributed by atoms with Crippen LogP contribution in [0.1, 0.15) is 0 Å². The average Bonchev–Trinajstić information content (AvgIpc) is 3.22. The SMILES string of the molecule is FC(F)Oc1ccc(Cl)cc1-c1[nH]ncc1N1CC=C2N=CC=CN21. The highest BCUT2D eigenvalue weighted by Crippen LogP contribution is 2.39. The third-order valence-electron chi connectivity index (χ3n) is 3.79. The van der Waals surface area contributed by atoms with E-state index in [-0.39, 0.29) is 5.75 Å². The minimum atomic E-state index is -2.94. The van der Waals surface area contributed by atoms with Gasteiger partial charge in [-0.15, -0.1) is 0 Å². The van der Waals surface area contributed by atoms with Gasteiger partial charge in [0, 0.05) is 23.0 Å². The van der Waals surface area contributed by atoms with E-state index in [1.165, 1.54) is 12.1 Å². The summed E-state index contributed by atoms with van der Waals surface area (Å²) >= 11 is 6.05. The van der Waals surface area contributed by atoms with Gasteiger partial charge in [0.25, 0.3) is 0 Å². The number of hydrogen-bond acceptors (Lipinski definition) is 5. The van der Waals surface area contributed by atoms with E-state index in [1.54, 1.807) is 24.6 Å². The number of aromatic nitrogens is 2. The number of fused-ring (bicyclic) bond motifs is 1. The molecule has 0 radical (unpaired) electrons. The number of aromatic amines is 1. The number of nitrogens with zero attached hydrogens (tertiary/aromatic N) is 4. The van der Waals surface area contributed by atoms with Crippen molar-refractivity contribution in [3.05, 3.63) is 53.6 Å². The van der Waals surface area contributed by atoms with Crippen molar-refractivity contribution in [3.63, 3.8) is 0 Å². The van der Waals surface area contributed by atoms with Gasteiger partial charge in [0.15, 0.2) is 0 Å². The predicted molar refractivity (Wildman–Crippen MR) is 90.6 cm³/mol. The molecule has 1 aromatic carbocycles. The smallest absolute Gasteiger partial charge is 0.387 e. The number of alkyl halides is 2. The highest BCUT2D eigenvalue weighted by molar-refractivity contribution is 6.31. The number of H-pyrrole nitrogens is 1. The molecule has 2 aliphatic rings. The molecule has 128 valence electrons. The molecule has 4 rings (SSSR count). The standard InChI is InChI=1S/C16H12ClF2N5O/c17-10-2-3-13(25-16(18)19)11(8-10)15-12(9-21-22-15)23-7-4-14-20-5-1-6-24(14)23/h1-6,8-9,16H,7H2,(H,21,22). The first-order chi connectivity index (χ1) is 12.1. The summed E-state index contributed by atoms with van der Waals surface area (Å²) in [5.41, 5.74) is 1.61. The number of aliphatic imine (C=N–C) groups is 1. The third-order valence-corrected chi connectivity index (χ3v) is 4.02. The molecule has 9 heteroatoms. The fraction of sp³-hybridized carbons (Fsp3) is 0.125. The summed E-state index contributed by atoms with van der Waals surface area (Å²) in [6.45, 7) is -2.37. The molecule has 0 unspecified atom stereocenters. The lowest BCUT2D eigenvalue weighted by molar-refractivity contribution is -0.0494. The second-order valence-electron chi connectivity index (χ2n) is 5.26. The minimum Gasteiger partial charge on any atom is -0.434 e. The number of nitrogens with one attached hydrogen (secondary N) is 1. The van der Waals surface area contributed by atoms with Crippen LogP contribution >= 0.6 is 11.6 Å². The number of hydrogen-bond donors (Lipinski definition) is 1. The molecule has 0 atom stereocenters. The van der Waals surface area contributed by atoms with E-state index in [9.17, 15) is 8.78 Å². The molecule has 0 bridgehead atoms. The maximum atomic E-state index is 12.7. The van der Waals surface area contributed by atoms with E-state index in [1.807, 2.05) is 22.3 Å². The monoisotopic (exact) mass is 363 g/mol. The Morgan fingerprint density at radius 3 is 3.04 bits per heavy atom. The van der Waals surface area contributed by atoms with Crippen LogP contribution in [0.3, 0.4) is 0 Å². The van der Waals surface area contributed by atoms with Crippen LogP contribution in [-0.2, 0) is 0 Å². The molecule has 2 aromatic rings. The Morgan fingerprint density at radius 2 is 2.20 bits per heavy atom. The zero-order chi connectivity index (χ0) is 17.4. The van der Waals surface area contributed by atoms with E-state index in [0.29, 0.717) is 28.5 Å². The van der Waals surface area contributed by atoms with Crippen molar-refractivity contribution in [1.29, 1.82) is 0 Å². The Labute approximate surface area is 146 Å². The van der Waals surface area contributed by atoms with E-state index in [0.717, 1.165) is 5.82 Å². The van der Waals surface area contributed by atoms with Crippen LogP contribution in [0.2, 0.25) is 5.02 Å². The van der Waals surface area contributed by atoms with Gasteiger partial charge in [-0.1, -0.05) is 11.6 Å². The minimum absolute atomic E-state index is 0.0180. The molecule has 3 heterocycles. The number of anilines is 1. The average molecular weight is 364 g/mol. The summed E-state index contributed by atoms with van der Waals surface area (Å²) in [5, 5.41) is 11.1. The summed E-state index contributed by atoms with van der Waals surface area (Å²) in [7, 11) is 0. The van der Waals surface area contributed by atoms with E-state index < -0.39 is 6.61 Å². The van der Waals surface area contributed by atoms with Crippen LogP contribution in [0.5, 0.6) is 5.75 Å². The van der Waals surface area contributed by atoms with Crippen molar-refractivity contribution >= 4 is 23.5 Å². The largest absolute Gasteiger partial charge is 0.434 e. The van der Waals surface area contributed by atoms with Crippen LogP contribution in [-0.4, -0.2) is 34.6 Å². The Bertz CT molecular complexity index is 892. The molecule has 1 N–H and O–H groups in total. The number of ether oxygens (including phenoxy) is 1. The Kier molecular flexibility index (Phi) is 3.89. The molecule has 0 saturated carbocycles. The molecule has 25 heavy (non-hydrogen) atoms. The molecule has 1 aromatic heterocycles. The lowest BCUT2D eigenvalue weighted by Crippen LogP contribution is -2.34. The number of hydrazine groups is 1. The van der Waals surface area contributed by atoms with Crippen LogP contribution in [0.4, 0.5) is 14.5 Å². The number of benzene rings is 1. The first-order valence-electron chi connectivity index (χ1n) is 7.39. The van der Waals surface area contributed by atoms with Gasteiger partial charge in [-0.3, -0.25) is 10.1 Å². The molecule has 2 aliphatic heterocycles. The van der Waals surface area contributed by atoms with Gasteiger partial charge >= 0.3 is 6.61 Å². The van der Waals surface area contributed by atoms with Crippen LogP contribution in [0.25, 0.3) is 11.3 Å². The molecular weight excluding hydrogens is 352 g/mol. The fourth-order valence-electron chi connectivity index (χ4n) is 2.77. The summed E-state index contributed by atoms with van der Waals surface area (Å²) < 4.78 is 30.1. The van der Waals surface area contributed by atoms with Gasteiger partial charge in [0.1, 0.15) is 17.3 Å². The summed E-state index contributed by atoms with van der Waals surface area (Å²) in [5.74, 6) is 0.800. The van der Waals surface area contributed by atoms with Gasteiger partial charge in [-0.05, 0) is 30.4 Å². The quantitative estimate of drug-likeness (QED) is 0.897. The summed E-state index contributed by atoms with van der Waals surface area (Å²) in [6, 6.07) is 4.47. The second kappa shape index (κ2) is 6.21. The number of rotatable bonds is 4. The van der Waals surface area contributed by atoms with Crippen LogP contribution in [0.15, 0.2) is 53.6 Å². The van der Waals surface area contributed by atoms with Gasteiger partial charge < -0.3 is 4.74 Å². The van der Waals surface area contributed by atoms with Crippen LogP contribution in [0, 0.1) is 0 Å². The topological polar surface area (TPSA) is 56.8 Å². The normalized spacial score (nSPS) is 15.8. The first-order valence-corrected chi connectivity index (χ1v) is 7.77. The Hall–Kier alpha value is -2.87. The molecule has 0 spiro atoms. The maximum absolute atomic E-state index is 12.7. The van der Waals surface area contributed by atoms with E-state index in [2.05, 4.69) is 19.9 Å². The van der Waals surface area contributed by atoms with Crippen LogP contribution < -0.4 is 9.75 Å². The second-order valence-corrected chi connectivity index (χ2v) is 5.69. The van der Waals surface area contributed by atoms with Gasteiger partial charge in [-0.25, -0.2) is 10.0 Å². The lowest BCUT2D eigenvalue weighted by Gasteiger charge is -2.30. The number of allylic oxidation sites excluding steroid dienone is 1. The van der Waals surface area contributed by atoms with Gasteiger partial charge in [0.2, 0.25) is 0 Å². The maximum Gasteiger partial charge on any atom is 0.387 e. The number of halogens is 3. The Balaban J connectivity index is 1.75. The molecule has 0 aliphatic carbocycles. The van der Waals surface area contributed by atoms with Crippen molar-refractivity contribution in [3.8, 4) is 17.0 Å². The summed E-state index contributed by atoms with van der Waals surface area (Å²) in [6.07, 6.45) is 8.93.